The highest BCUT2D eigenvalue weighted by atomic mass is 16.5. The molecule has 0 saturated heterocycles. The molecule has 2 rings (SSSR count). The number of hydrogen-bond donors (Lipinski definition) is 2. The molecule has 1 amide bonds. The number of carbonyl (C=O) groups is 1. The van der Waals surface area contributed by atoms with E-state index >= 15 is 0 Å². The number of amides is 1. The van der Waals surface area contributed by atoms with Gasteiger partial charge in [0.05, 0.1) is 12.8 Å². The molecule has 0 bridgehead atoms. The highest BCUT2D eigenvalue weighted by Gasteiger charge is 2.05. The lowest BCUT2D eigenvalue weighted by atomic mass is 10.0. The van der Waals surface area contributed by atoms with Crippen molar-refractivity contribution < 1.29 is 14.6 Å². The Morgan fingerprint density at radius 2 is 2.05 bits per heavy atom. The predicted molar refractivity (Wildman–Crippen MR) is 77.9 cm³/mol. The second-order valence-electron chi connectivity index (χ2n) is 4.08. The van der Waals surface area contributed by atoms with Crippen molar-refractivity contribution in [3.8, 4) is 5.75 Å². The summed E-state index contributed by atoms with van der Waals surface area (Å²) in [5.74, 6) is 0.274. The fourth-order valence-corrected chi connectivity index (χ4v) is 1.90. The van der Waals surface area contributed by atoms with Gasteiger partial charge in [0.25, 0.3) is 5.91 Å². The number of rotatable bonds is 5. The Balaban J connectivity index is 2.35. The fourth-order valence-electron chi connectivity index (χ4n) is 1.90. The number of nitrogens with zero attached hydrogens (tertiary/aromatic N) is 1. The summed E-state index contributed by atoms with van der Waals surface area (Å²) in [5.41, 5.74) is 3.10. The van der Waals surface area contributed by atoms with Crippen molar-refractivity contribution in [2.45, 2.75) is 6.92 Å². The largest absolute Gasteiger partial charge is 0.493 e. The first kappa shape index (κ1) is 14.0. The molecule has 0 aliphatic heterocycles. The maximum atomic E-state index is 10.9. The van der Waals surface area contributed by atoms with Crippen LogP contribution in [0.4, 0.5) is 0 Å². The summed E-state index contributed by atoms with van der Waals surface area (Å²) in [4.78, 5) is 10.9. The van der Waals surface area contributed by atoms with Gasteiger partial charge in [-0.25, -0.2) is 5.43 Å². The zero-order valence-corrected chi connectivity index (χ0v) is 11.2. The van der Waals surface area contributed by atoms with Crippen molar-refractivity contribution in [2.24, 2.45) is 5.10 Å². The van der Waals surface area contributed by atoms with Gasteiger partial charge < -0.3 is 9.84 Å². The predicted octanol–water partition coefficient (Wildman–Crippen LogP) is 1.68. The van der Waals surface area contributed by atoms with Gasteiger partial charge in [0.15, 0.2) is 0 Å². The van der Waals surface area contributed by atoms with Crippen LogP contribution in [0.15, 0.2) is 41.5 Å². The van der Waals surface area contributed by atoms with E-state index in [4.69, 9.17) is 9.84 Å². The number of hydrazone groups is 1. The molecule has 5 nitrogen and oxygen atoms in total. The SMILES string of the molecule is CCOc1ccc(C=NNC(=O)CO)c2ccccc12. The maximum Gasteiger partial charge on any atom is 0.265 e. The first-order valence-electron chi connectivity index (χ1n) is 6.33. The van der Waals surface area contributed by atoms with Crippen molar-refractivity contribution >= 4 is 22.9 Å². The number of fused-ring (bicyclic) bond motifs is 1. The average molecular weight is 272 g/mol. The second kappa shape index (κ2) is 6.68. The summed E-state index contributed by atoms with van der Waals surface area (Å²) in [5, 5.41) is 14.4. The van der Waals surface area contributed by atoms with Crippen LogP contribution in [-0.4, -0.2) is 30.4 Å². The van der Waals surface area contributed by atoms with Crippen molar-refractivity contribution in [1.82, 2.24) is 5.43 Å². The molecule has 0 aliphatic carbocycles. The molecule has 20 heavy (non-hydrogen) atoms. The molecule has 0 aliphatic rings. The van der Waals surface area contributed by atoms with E-state index < -0.39 is 12.5 Å². The number of aliphatic hydroxyl groups is 1. The summed E-state index contributed by atoms with van der Waals surface area (Å²) in [6.07, 6.45) is 1.55. The lowest BCUT2D eigenvalue weighted by Gasteiger charge is -2.09. The first-order valence-corrected chi connectivity index (χ1v) is 6.33. The number of ether oxygens (including phenoxy) is 1. The third-order valence-corrected chi connectivity index (χ3v) is 2.75. The minimum Gasteiger partial charge on any atom is -0.493 e. The Kier molecular flexibility index (Phi) is 4.68. The van der Waals surface area contributed by atoms with Gasteiger partial charge in [0.2, 0.25) is 0 Å². The van der Waals surface area contributed by atoms with Crippen molar-refractivity contribution in [3.05, 3.63) is 42.0 Å². The van der Waals surface area contributed by atoms with E-state index in [9.17, 15) is 4.79 Å². The van der Waals surface area contributed by atoms with Crippen LogP contribution >= 0.6 is 0 Å². The summed E-state index contributed by atoms with van der Waals surface area (Å²) >= 11 is 0. The second-order valence-corrected chi connectivity index (χ2v) is 4.08. The monoisotopic (exact) mass is 272 g/mol. The summed E-state index contributed by atoms with van der Waals surface area (Å²) in [6.45, 7) is 1.96. The van der Waals surface area contributed by atoms with Crippen LogP contribution in [0.25, 0.3) is 10.8 Å². The van der Waals surface area contributed by atoms with Gasteiger partial charge in [-0.05, 0) is 24.4 Å². The number of benzene rings is 2. The van der Waals surface area contributed by atoms with Crippen molar-refractivity contribution in [1.29, 1.82) is 0 Å². The third kappa shape index (κ3) is 3.13. The van der Waals surface area contributed by atoms with Crippen LogP contribution in [0.5, 0.6) is 5.75 Å². The molecule has 0 atom stereocenters. The lowest BCUT2D eigenvalue weighted by Crippen LogP contribution is -2.20. The molecule has 0 saturated carbocycles. The Bertz CT molecular complexity index is 638. The molecule has 104 valence electrons. The number of hydrogen-bond acceptors (Lipinski definition) is 4. The van der Waals surface area contributed by atoms with Gasteiger partial charge >= 0.3 is 0 Å². The summed E-state index contributed by atoms with van der Waals surface area (Å²) in [6, 6.07) is 11.6. The number of carbonyl (C=O) groups excluding carboxylic acids is 1. The quantitative estimate of drug-likeness (QED) is 0.642. The van der Waals surface area contributed by atoms with E-state index in [1.165, 1.54) is 0 Å². The minimum atomic E-state index is -0.582. The molecule has 2 N–H and O–H groups in total. The highest BCUT2D eigenvalue weighted by Crippen LogP contribution is 2.27. The summed E-state index contributed by atoms with van der Waals surface area (Å²) in [7, 11) is 0. The zero-order valence-electron chi connectivity index (χ0n) is 11.2. The van der Waals surface area contributed by atoms with Crippen LogP contribution in [0.1, 0.15) is 12.5 Å². The van der Waals surface area contributed by atoms with Gasteiger partial charge in [-0.2, -0.15) is 5.10 Å². The average Bonchev–Trinajstić information content (AvgIpc) is 2.49. The fraction of sp³-hybridized carbons (Fsp3) is 0.200. The molecule has 0 aromatic heterocycles. The Hall–Kier alpha value is -2.40. The first-order chi connectivity index (χ1) is 9.76. The van der Waals surface area contributed by atoms with Gasteiger partial charge in [-0.1, -0.05) is 24.3 Å². The Labute approximate surface area is 116 Å². The molecule has 2 aromatic rings. The zero-order chi connectivity index (χ0) is 14.4. The molecular weight excluding hydrogens is 256 g/mol. The van der Waals surface area contributed by atoms with Gasteiger partial charge in [-0.3, -0.25) is 4.79 Å². The molecule has 0 spiro atoms. The van der Waals surface area contributed by atoms with Crippen LogP contribution in [0.2, 0.25) is 0 Å². The van der Waals surface area contributed by atoms with E-state index in [1.54, 1.807) is 6.21 Å². The molecule has 5 heteroatoms. The number of aliphatic hydroxyl groups excluding tert-OH is 1. The molecule has 2 aromatic carbocycles. The van der Waals surface area contributed by atoms with Gasteiger partial charge in [0.1, 0.15) is 12.4 Å². The van der Waals surface area contributed by atoms with E-state index in [-0.39, 0.29) is 0 Å². The van der Waals surface area contributed by atoms with Crippen molar-refractivity contribution in [2.75, 3.05) is 13.2 Å². The highest BCUT2D eigenvalue weighted by molar-refractivity contribution is 6.02. The standard InChI is InChI=1S/C15H16N2O3/c1-2-20-14-8-7-11(9-16-17-15(19)10-18)12-5-3-4-6-13(12)14/h3-9,18H,2,10H2,1H3,(H,17,19). The van der Waals surface area contributed by atoms with E-state index in [0.29, 0.717) is 6.61 Å². The van der Waals surface area contributed by atoms with E-state index in [2.05, 4.69) is 10.5 Å². The maximum absolute atomic E-state index is 10.9. The van der Waals surface area contributed by atoms with Crippen LogP contribution < -0.4 is 10.2 Å². The van der Waals surface area contributed by atoms with Crippen LogP contribution in [0.3, 0.4) is 0 Å². The normalized spacial score (nSPS) is 10.9. The van der Waals surface area contributed by atoms with E-state index in [0.717, 1.165) is 22.1 Å². The third-order valence-electron chi connectivity index (χ3n) is 2.75. The Morgan fingerprint density at radius 3 is 2.75 bits per heavy atom. The lowest BCUT2D eigenvalue weighted by molar-refractivity contribution is -0.123. The molecular formula is C15H16N2O3. The molecule has 0 radical (unpaired) electrons. The minimum absolute atomic E-state index is 0.545. The van der Waals surface area contributed by atoms with E-state index in [1.807, 2.05) is 43.3 Å². The molecule has 0 fully saturated rings. The van der Waals surface area contributed by atoms with Gasteiger partial charge in [0, 0.05) is 10.9 Å². The smallest absolute Gasteiger partial charge is 0.265 e. The summed E-state index contributed by atoms with van der Waals surface area (Å²) < 4.78 is 5.59. The van der Waals surface area contributed by atoms with Gasteiger partial charge in [-0.15, -0.1) is 0 Å². The van der Waals surface area contributed by atoms with Crippen molar-refractivity contribution in [3.63, 3.8) is 0 Å². The molecule has 0 unspecified atom stereocenters. The van der Waals surface area contributed by atoms with Crippen LogP contribution in [-0.2, 0) is 4.79 Å². The Morgan fingerprint density at radius 1 is 1.30 bits per heavy atom. The van der Waals surface area contributed by atoms with Crippen LogP contribution in [0, 0.1) is 0 Å². The molecule has 0 heterocycles. The number of nitrogens with one attached hydrogen (secondary N) is 1. The topological polar surface area (TPSA) is 70.9 Å².